The van der Waals surface area contributed by atoms with Gasteiger partial charge in [0, 0.05) is 18.1 Å². The Hall–Kier alpha value is -0.540. The molecule has 1 aromatic rings. The van der Waals surface area contributed by atoms with Crippen LogP contribution in [0.15, 0.2) is 22.7 Å². The third-order valence-corrected chi connectivity index (χ3v) is 2.63. The highest BCUT2D eigenvalue weighted by Gasteiger charge is 2.12. The summed E-state index contributed by atoms with van der Waals surface area (Å²) in [4.78, 5) is 0. The molecule has 1 rings (SSSR count). The molecule has 0 bridgehead atoms. The van der Waals surface area contributed by atoms with Crippen LogP contribution in [0.4, 0.5) is 0 Å². The number of rotatable bonds is 3. The number of hydrogen-bond donors (Lipinski definition) is 1. The van der Waals surface area contributed by atoms with E-state index in [-0.39, 0.29) is 12.5 Å². The smallest absolute Gasteiger partial charge is 0.136 e. The van der Waals surface area contributed by atoms with Gasteiger partial charge in [0.05, 0.1) is 11.6 Å². The molecule has 0 radical (unpaired) electrons. The molecule has 0 saturated heterocycles. The first-order valence-electron chi connectivity index (χ1n) is 4.14. The summed E-state index contributed by atoms with van der Waals surface area (Å²) < 4.78 is 6.16. The Kier molecular flexibility index (Phi) is 3.75. The van der Waals surface area contributed by atoms with Crippen LogP contribution in [0.25, 0.3) is 0 Å². The summed E-state index contributed by atoms with van der Waals surface area (Å²) in [5, 5.41) is 9.03. The van der Waals surface area contributed by atoms with Crippen molar-refractivity contribution in [2.75, 3.05) is 13.7 Å². The van der Waals surface area contributed by atoms with E-state index in [4.69, 9.17) is 9.84 Å². The van der Waals surface area contributed by atoms with Gasteiger partial charge >= 0.3 is 0 Å². The summed E-state index contributed by atoms with van der Waals surface area (Å²) in [6.07, 6.45) is 0. The first-order chi connectivity index (χ1) is 6.20. The second-order valence-corrected chi connectivity index (χ2v) is 3.80. The molecule has 0 amide bonds. The standard InChI is InChI=1S/C10H13BrO2/c1-7(6-12)8-4-3-5-9(11)10(8)13-2/h3-5,7,12H,6H2,1-2H3. The fraction of sp³-hybridized carbons (Fsp3) is 0.400. The van der Waals surface area contributed by atoms with Gasteiger partial charge in [0.25, 0.3) is 0 Å². The normalized spacial score (nSPS) is 12.6. The zero-order valence-corrected chi connectivity index (χ0v) is 9.34. The number of para-hydroxylation sites is 1. The van der Waals surface area contributed by atoms with E-state index in [2.05, 4.69) is 15.9 Å². The lowest BCUT2D eigenvalue weighted by Crippen LogP contribution is -2.02. The number of methoxy groups -OCH3 is 1. The molecular formula is C10H13BrO2. The van der Waals surface area contributed by atoms with Crippen molar-refractivity contribution in [3.8, 4) is 5.75 Å². The molecule has 72 valence electrons. The van der Waals surface area contributed by atoms with Crippen molar-refractivity contribution in [1.82, 2.24) is 0 Å². The lowest BCUT2D eigenvalue weighted by molar-refractivity contribution is 0.269. The van der Waals surface area contributed by atoms with E-state index < -0.39 is 0 Å². The van der Waals surface area contributed by atoms with E-state index in [0.29, 0.717) is 0 Å². The van der Waals surface area contributed by atoms with Gasteiger partial charge in [-0.3, -0.25) is 0 Å². The summed E-state index contributed by atoms with van der Waals surface area (Å²) in [5.41, 5.74) is 1.03. The lowest BCUT2D eigenvalue weighted by atomic mass is 10.0. The Morgan fingerprint density at radius 2 is 2.23 bits per heavy atom. The van der Waals surface area contributed by atoms with Crippen LogP contribution in [0.2, 0.25) is 0 Å². The van der Waals surface area contributed by atoms with Crippen LogP contribution < -0.4 is 4.74 Å². The summed E-state index contributed by atoms with van der Waals surface area (Å²) in [6, 6.07) is 5.82. The SMILES string of the molecule is COc1c(Br)cccc1C(C)CO. The number of aliphatic hydroxyl groups excluding tert-OH is 1. The first kappa shape index (κ1) is 10.5. The molecule has 1 aromatic carbocycles. The summed E-state index contributed by atoms with van der Waals surface area (Å²) in [5.74, 6) is 0.913. The number of ether oxygens (including phenoxy) is 1. The molecule has 1 N–H and O–H groups in total. The summed E-state index contributed by atoms with van der Waals surface area (Å²) in [7, 11) is 1.63. The Morgan fingerprint density at radius 3 is 2.77 bits per heavy atom. The van der Waals surface area contributed by atoms with Gasteiger partial charge in [-0.1, -0.05) is 19.1 Å². The highest BCUT2D eigenvalue weighted by atomic mass is 79.9. The van der Waals surface area contributed by atoms with Crippen molar-refractivity contribution in [1.29, 1.82) is 0 Å². The van der Waals surface area contributed by atoms with Crippen LogP contribution in [-0.4, -0.2) is 18.8 Å². The van der Waals surface area contributed by atoms with E-state index in [1.807, 2.05) is 25.1 Å². The van der Waals surface area contributed by atoms with Crippen molar-refractivity contribution < 1.29 is 9.84 Å². The van der Waals surface area contributed by atoms with Gasteiger partial charge in [0.1, 0.15) is 5.75 Å². The fourth-order valence-corrected chi connectivity index (χ4v) is 1.77. The molecule has 0 heterocycles. The molecule has 1 atom stereocenters. The molecule has 0 aliphatic heterocycles. The van der Waals surface area contributed by atoms with E-state index in [9.17, 15) is 0 Å². The maximum absolute atomic E-state index is 9.03. The highest BCUT2D eigenvalue weighted by Crippen LogP contribution is 2.33. The molecule has 0 aromatic heterocycles. The van der Waals surface area contributed by atoms with Gasteiger partial charge in [-0.05, 0) is 22.0 Å². The molecule has 0 spiro atoms. The molecule has 0 saturated carbocycles. The zero-order chi connectivity index (χ0) is 9.84. The second kappa shape index (κ2) is 4.63. The molecule has 13 heavy (non-hydrogen) atoms. The minimum absolute atomic E-state index is 0.104. The third kappa shape index (κ3) is 2.23. The Labute approximate surface area is 86.7 Å². The van der Waals surface area contributed by atoms with Gasteiger partial charge in [-0.25, -0.2) is 0 Å². The number of hydrogen-bond acceptors (Lipinski definition) is 2. The van der Waals surface area contributed by atoms with E-state index in [0.717, 1.165) is 15.8 Å². The van der Waals surface area contributed by atoms with Crippen LogP contribution in [0, 0.1) is 0 Å². The minimum Gasteiger partial charge on any atom is -0.495 e. The summed E-state index contributed by atoms with van der Waals surface area (Å²) in [6.45, 7) is 2.09. The average molecular weight is 245 g/mol. The zero-order valence-electron chi connectivity index (χ0n) is 7.75. The van der Waals surface area contributed by atoms with E-state index in [1.165, 1.54) is 0 Å². The Bertz CT molecular complexity index is 286. The van der Waals surface area contributed by atoms with Crippen LogP contribution in [0.5, 0.6) is 5.75 Å². The molecule has 2 nitrogen and oxygen atoms in total. The molecule has 1 unspecified atom stereocenters. The maximum atomic E-state index is 9.03. The van der Waals surface area contributed by atoms with Crippen molar-refractivity contribution in [2.24, 2.45) is 0 Å². The average Bonchev–Trinajstić information content (AvgIpc) is 2.16. The van der Waals surface area contributed by atoms with Crippen LogP contribution >= 0.6 is 15.9 Å². The molecule has 0 fully saturated rings. The number of halogens is 1. The van der Waals surface area contributed by atoms with Crippen molar-refractivity contribution in [3.63, 3.8) is 0 Å². The molecule has 0 aliphatic carbocycles. The van der Waals surface area contributed by atoms with E-state index >= 15 is 0 Å². The maximum Gasteiger partial charge on any atom is 0.136 e. The molecular weight excluding hydrogens is 232 g/mol. The van der Waals surface area contributed by atoms with Crippen molar-refractivity contribution in [3.05, 3.63) is 28.2 Å². The lowest BCUT2D eigenvalue weighted by Gasteiger charge is -2.14. The van der Waals surface area contributed by atoms with Gasteiger partial charge in [-0.2, -0.15) is 0 Å². The van der Waals surface area contributed by atoms with Gasteiger partial charge in [0.2, 0.25) is 0 Å². The topological polar surface area (TPSA) is 29.5 Å². The van der Waals surface area contributed by atoms with Crippen LogP contribution in [0.1, 0.15) is 18.4 Å². The predicted molar refractivity (Wildman–Crippen MR) is 56.2 cm³/mol. The highest BCUT2D eigenvalue weighted by molar-refractivity contribution is 9.10. The van der Waals surface area contributed by atoms with E-state index in [1.54, 1.807) is 7.11 Å². The second-order valence-electron chi connectivity index (χ2n) is 2.95. The van der Waals surface area contributed by atoms with Gasteiger partial charge in [-0.15, -0.1) is 0 Å². The Morgan fingerprint density at radius 1 is 1.54 bits per heavy atom. The van der Waals surface area contributed by atoms with Crippen molar-refractivity contribution >= 4 is 15.9 Å². The number of aliphatic hydroxyl groups is 1. The van der Waals surface area contributed by atoms with Gasteiger partial charge < -0.3 is 9.84 Å². The summed E-state index contributed by atoms with van der Waals surface area (Å²) >= 11 is 3.40. The van der Waals surface area contributed by atoms with Crippen molar-refractivity contribution in [2.45, 2.75) is 12.8 Å². The Balaban J connectivity index is 3.12. The minimum atomic E-state index is 0.104. The monoisotopic (exact) mass is 244 g/mol. The fourth-order valence-electron chi connectivity index (χ4n) is 1.23. The first-order valence-corrected chi connectivity index (χ1v) is 4.93. The largest absolute Gasteiger partial charge is 0.495 e. The molecule has 3 heteroatoms. The number of benzene rings is 1. The van der Waals surface area contributed by atoms with Crippen LogP contribution in [0.3, 0.4) is 0 Å². The third-order valence-electron chi connectivity index (χ3n) is 2.01. The van der Waals surface area contributed by atoms with Crippen LogP contribution in [-0.2, 0) is 0 Å². The molecule has 0 aliphatic rings. The predicted octanol–water partition coefficient (Wildman–Crippen LogP) is 2.55. The van der Waals surface area contributed by atoms with Gasteiger partial charge in [0.15, 0.2) is 0 Å². The quantitative estimate of drug-likeness (QED) is 0.886.